The van der Waals surface area contributed by atoms with Crippen molar-refractivity contribution in [1.29, 1.82) is 0 Å². The molecular formula is C34H28N2. The van der Waals surface area contributed by atoms with Gasteiger partial charge in [0.25, 0.3) is 0 Å². The van der Waals surface area contributed by atoms with E-state index in [0.29, 0.717) is 0 Å². The number of aromatic nitrogens is 2. The van der Waals surface area contributed by atoms with Gasteiger partial charge in [0, 0.05) is 22.5 Å². The molecule has 36 heavy (non-hydrogen) atoms. The van der Waals surface area contributed by atoms with Gasteiger partial charge in [-0.25, -0.2) is 4.98 Å². The molecule has 6 rings (SSSR count). The van der Waals surface area contributed by atoms with Crippen molar-refractivity contribution in [3.63, 3.8) is 0 Å². The van der Waals surface area contributed by atoms with Gasteiger partial charge in [0.05, 0.1) is 16.7 Å². The molecule has 0 saturated heterocycles. The molecular weight excluding hydrogens is 436 g/mol. The van der Waals surface area contributed by atoms with Crippen LogP contribution >= 0.6 is 0 Å². The largest absolute Gasteiger partial charge is 0.256 e. The summed E-state index contributed by atoms with van der Waals surface area (Å²) in [5.74, 6) is 0. The van der Waals surface area contributed by atoms with E-state index in [1.54, 1.807) is 0 Å². The molecule has 0 unspecified atom stereocenters. The van der Waals surface area contributed by atoms with Crippen LogP contribution in [0.1, 0.15) is 26.3 Å². The second kappa shape index (κ2) is 8.73. The number of hydrogen-bond donors (Lipinski definition) is 0. The number of rotatable bonds is 3. The Morgan fingerprint density at radius 1 is 0.528 bits per heavy atom. The number of benzene rings is 4. The third-order valence-corrected chi connectivity index (χ3v) is 6.89. The number of hydrogen-bond acceptors (Lipinski definition) is 2. The zero-order valence-electron chi connectivity index (χ0n) is 20.9. The van der Waals surface area contributed by atoms with Gasteiger partial charge in [-0.2, -0.15) is 0 Å². The highest BCUT2D eigenvalue weighted by Crippen LogP contribution is 2.37. The molecule has 2 heteroatoms. The lowest BCUT2D eigenvalue weighted by Gasteiger charge is -2.19. The van der Waals surface area contributed by atoms with Crippen molar-refractivity contribution < 1.29 is 0 Å². The molecule has 0 amide bonds. The van der Waals surface area contributed by atoms with Crippen molar-refractivity contribution in [3.8, 4) is 33.5 Å². The third kappa shape index (κ3) is 4.05. The number of nitrogens with zero attached hydrogens (tertiary/aromatic N) is 2. The molecule has 0 aliphatic carbocycles. The van der Waals surface area contributed by atoms with Crippen LogP contribution in [0.15, 0.2) is 115 Å². The minimum Gasteiger partial charge on any atom is -0.256 e. The molecule has 0 N–H and O–H groups in total. The summed E-state index contributed by atoms with van der Waals surface area (Å²) in [6.45, 7) is 6.73. The van der Waals surface area contributed by atoms with Crippen LogP contribution in [0.3, 0.4) is 0 Å². The molecule has 0 atom stereocenters. The molecule has 0 spiro atoms. The average molecular weight is 465 g/mol. The Morgan fingerprint density at radius 3 is 1.75 bits per heavy atom. The molecule has 0 aliphatic heterocycles. The summed E-state index contributed by atoms with van der Waals surface area (Å²) in [7, 11) is 0. The van der Waals surface area contributed by atoms with Gasteiger partial charge in [0.1, 0.15) is 0 Å². The van der Waals surface area contributed by atoms with Gasteiger partial charge in [0.15, 0.2) is 0 Å². The Hall–Kier alpha value is -4.30. The van der Waals surface area contributed by atoms with Crippen LogP contribution < -0.4 is 0 Å². The topological polar surface area (TPSA) is 25.8 Å². The number of fused-ring (bicyclic) bond motifs is 2. The molecule has 0 fully saturated rings. The average Bonchev–Trinajstić information content (AvgIpc) is 2.91. The molecule has 0 saturated carbocycles. The van der Waals surface area contributed by atoms with E-state index in [9.17, 15) is 0 Å². The van der Waals surface area contributed by atoms with E-state index in [4.69, 9.17) is 9.97 Å². The molecule has 0 radical (unpaired) electrons. The first kappa shape index (κ1) is 22.2. The fourth-order valence-electron chi connectivity index (χ4n) is 4.88. The highest BCUT2D eigenvalue weighted by atomic mass is 14.7. The van der Waals surface area contributed by atoms with Gasteiger partial charge in [-0.1, -0.05) is 106 Å². The van der Waals surface area contributed by atoms with Crippen molar-refractivity contribution in [2.45, 2.75) is 26.2 Å². The Bertz CT molecular complexity index is 1680. The molecule has 4 aromatic carbocycles. The van der Waals surface area contributed by atoms with Crippen LogP contribution in [0.2, 0.25) is 0 Å². The molecule has 2 aromatic heterocycles. The Balaban J connectivity index is 1.62. The second-order valence-corrected chi connectivity index (χ2v) is 10.4. The molecule has 6 aromatic rings. The molecule has 0 bridgehead atoms. The van der Waals surface area contributed by atoms with Gasteiger partial charge in [-0.3, -0.25) is 4.98 Å². The van der Waals surface area contributed by atoms with Crippen LogP contribution in [-0.4, -0.2) is 9.97 Å². The minimum atomic E-state index is 0.115. The fourth-order valence-corrected chi connectivity index (χ4v) is 4.88. The first-order valence-electron chi connectivity index (χ1n) is 12.4. The first-order chi connectivity index (χ1) is 17.5. The summed E-state index contributed by atoms with van der Waals surface area (Å²) in [4.78, 5) is 9.92. The monoisotopic (exact) mass is 464 g/mol. The summed E-state index contributed by atoms with van der Waals surface area (Å²) >= 11 is 0. The summed E-state index contributed by atoms with van der Waals surface area (Å²) in [6, 6.07) is 38.6. The van der Waals surface area contributed by atoms with Crippen molar-refractivity contribution in [1.82, 2.24) is 9.97 Å². The van der Waals surface area contributed by atoms with Gasteiger partial charge >= 0.3 is 0 Å². The van der Waals surface area contributed by atoms with Crippen LogP contribution in [0.5, 0.6) is 0 Å². The maximum absolute atomic E-state index is 5.18. The lowest BCUT2D eigenvalue weighted by Crippen LogP contribution is -2.10. The van der Waals surface area contributed by atoms with Crippen LogP contribution in [0.4, 0.5) is 0 Å². The molecule has 174 valence electrons. The third-order valence-electron chi connectivity index (χ3n) is 6.89. The lowest BCUT2D eigenvalue weighted by atomic mass is 9.86. The molecule has 2 nitrogen and oxygen atoms in total. The lowest BCUT2D eigenvalue weighted by molar-refractivity contribution is 0.590. The van der Waals surface area contributed by atoms with Gasteiger partial charge in [-0.15, -0.1) is 0 Å². The van der Waals surface area contributed by atoms with Crippen LogP contribution in [-0.2, 0) is 5.41 Å². The van der Waals surface area contributed by atoms with E-state index in [-0.39, 0.29) is 5.41 Å². The van der Waals surface area contributed by atoms with E-state index in [0.717, 1.165) is 33.1 Å². The van der Waals surface area contributed by atoms with Crippen LogP contribution in [0, 0.1) is 0 Å². The van der Waals surface area contributed by atoms with E-state index in [1.807, 2.05) is 12.3 Å². The maximum Gasteiger partial charge on any atom is 0.0723 e. The van der Waals surface area contributed by atoms with Crippen LogP contribution in [0.25, 0.3) is 55.3 Å². The first-order valence-corrected chi connectivity index (χ1v) is 12.4. The summed E-state index contributed by atoms with van der Waals surface area (Å²) in [5, 5.41) is 2.23. The van der Waals surface area contributed by atoms with Gasteiger partial charge in [-0.05, 0) is 57.5 Å². The Kier molecular flexibility index (Phi) is 5.38. The zero-order valence-corrected chi connectivity index (χ0v) is 20.9. The van der Waals surface area contributed by atoms with E-state index in [2.05, 4.69) is 124 Å². The molecule has 2 heterocycles. The zero-order chi connectivity index (χ0) is 24.7. The summed E-state index contributed by atoms with van der Waals surface area (Å²) in [5.41, 5.74) is 10.2. The predicted octanol–water partition coefficient (Wildman–Crippen LogP) is 9.08. The SMILES string of the molecule is CC(C)(C)c1ccc(-c2cc(-c3ccccc3)c3cc4nccc(-c5ccccc5)c4cc3n2)cc1. The van der Waals surface area contributed by atoms with Gasteiger partial charge in [0.2, 0.25) is 0 Å². The Morgan fingerprint density at radius 2 is 1.11 bits per heavy atom. The van der Waals surface area contributed by atoms with Crippen molar-refractivity contribution in [2.24, 2.45) is 0 Å². The van der Waals surface area contributed by atoms with E-state index >= 15 is 0 Å². The standard InChI is InChI=1S/C34H28N2/c1-34(2,3)26-16-14-25(15-17-26)31-20-28(24-12-8-5-9-13-24)30-21-32-29(22-33(30)36-31)27(18-19-35-32)23-10-6-4-7-11-23/h4-22H,1-3H3. The van der Waals surface area contributed by atoms with E-state index < -0.39 is 0 Å². The van der Waals surface area contributed by atoms with E-state index in [1.165, 1.54) is 27.8 Å². The van der Waals surface area contributed by atoms with Crippen molar-refractivity contribution in [3.05, 3.63) is 121 Å². The predicted molar refractivity (Wildman–Crippen MR) is 152 cm³/mol. The van der Waals surface area contributed by atoms with Gasteiger partial charge < -0.3 is 0 Å². The maximum atomic E-state index is 5.18. The van der Waals surface area contributed by atoms with Crippen molar-refractivity contribution >= 4 is 21.8 Å². The normalized spacial score (nSPS) is 11.8. The summed E-state index contributed by atoms with van der Waals surface area (Å²) < 4.78 is 0. The second-order valence-electron chi connectivity index (χ2n) is 10.4. The fraction of sp³-hybridized carbons (Fsp3) is 0.118. The highest BCUT2D eigenvalue weighted by molar-refractivity contribution is 6.07. The summed E-state index contributed by atoms with van der Waals surface area (Å²) in [6.07, 6.45) is 1.90. The van der Waals surface area contributed by atoms with Crippen molar-refractivity contribution in [2.75, 3.05) is 0 Å². The Labute approximate surface area is 212 Å². The highest BCUT2D eigenvalue weighted by Gasteiger charge is 2.16. The smallest absolute Gasteiger partial charge is 0.0723 e. The molecule has 0 aliphatic rings. The quantitative estimate of drug-likeness (QED) is 0.244. The minimum absolute atomic E-state index is 0.115. The number of pyridine rings is 2.